The molecule has 0 amide bonds. The summed E-state index contributed by atoms with van der Waals surface area (Å²) in [7, 11) is 0. The third kappa shape index (κ3) is 7.05. The maximum Gasteiger partial charge on any atom is 0.451 e. The van der Waals surface area contributed by atoms with Crippen molar-refractivity contribution in [1.82, 2.24) is 15.3 Å². The number of nitrogens with one attached hydrogen (secondary N) is 1. The highest BCUT2D eigenvalue weighted by molar-refractivity contribution is 5.22. The first-order chi connectivity index (χ1) is 13.0. The third-order valence-corrected chi connectivity index (χ3v) is 5.75. The van der Waals surface area contributed by atoms with Crippen LogP contribution >= 0.6 is 0 Å². The van der Waals surface area contributed by atoms with E-state index >= 15 is 0 Å². The van der Waals surface area contributed by atoms with Gasteiger partial charge in [-0.2, -0.15) is 13.2 Å². The van der Waals surface area contributed by atoms with Gasteiger partial charge < -0.3 is 5.32 Å². The summed E-state index contributed by atoms with van der Waals surface area (Å²) < 4.78 is 38.2. The molecule has 0 spiro atoms. The van der Waals surface area contributed by atoms with Crippen molar-refractivity contribution in [3.8, 4) is 0 Å². The summed E-state index contributed by atoms with van der Waals surface area (Å²) in [5.74, 6) is -1.05. The van der Waals surface area contributed by atoms with Gasteiger partial charge in [-0.05, 0) is 31.4 Å². The summed E-state index contributed by atoms with van der Waals surface area (Å²) >= 11 is 0. The molecule has 0 bridgehead atoms. The smallest absolute Gasteiger partial charge is 0.316 e. The Morgan fingerprint density at radius 3 is 2.11 bits per heavy atom. The molecule has 0 radical (unpaired) electrons. The molecule has 1 aliphatic rings. The van der Waals surface area contributed by atoms with Crippen molar-refractivity contribution >= 4 is 0 Å². The highest BCUT2D eigenvalue weighted by Crippen LogP contribution is 2.39. The quantitative estimate of drug-likeness (QED) is 0.472. The molecular weight excluding hydrogens is 351 g/mol. The number of aromatic nitrogens is 2. The van der Waals surface area contributed by atoms with E-state index in [1.165, 1.54) is 57.3 Å². The first-order valence-electron chi connectivity index (χ1n) is 10.6. The third-order valence-electron chi connectivity index (χ3n) is 5.75. The minimum Gasteiger partial charge on any atom is -0.316 e. The molecule has 0 saturated heterocycles. The van der Waals surface area contributed by atoms with Crippen LogP contribution in [0.15, 0.2) is 12.4 Å². The Balaban J connectivity index is 1.83. The Bertz CT molecular complexity index is 522. The molecule has 1 saturated carbocycles. The van der Waals surface area contributed by atoms with Gasteiger partial charge in [0, 0.05) is 24.4 Å². The average molecular weight is 386 g/mol. The second kappa shape index (κ2) is 11.0. The highest BCUT2D eigenvalue weighted by atomic mass is 19.4. The van der Waals surface area contributed by atoms with E-state index in [4.69, 9.17) is 0 Å². The van der Waals surface area contributed by atoms with Crippen molar-refractivity contribution in [3.05, 3.63) is 23.8 Å². The van der Waals surface area contributed by atoms with E-state index in [1.807, 2.05) is 0 Å². The predicted octanol–water partition coefficient (Wildman–Crippen LogP) is 6.04. The van der Waals surface area contributed by atoms with Crippen LogP contribution in [0.1, 0.15) is 95.4 Å². The predicted molar refractivity (Wildman–Crippen MR) is 103 cm³/mol. The summed E-state index contributed by atoms with van der Waals surface area (Å²) in [6, 6.07) is 0. The van der Waals surface area contributed by atoms with Gasteiger partial charge in [-0.1, -0.05) is 64.7 Å². The number of hydrogen-bond acceptors (Lipinski definition) is 3. The maximum atomic E-state index is 12.7. The molecule has 27 heavy (non-hydrogen) atoms. The molecule has 1 aromatic heterocycles. The zero-order valence-corrected chi connectivity index (χ0v) is 16.6. The lowest BCUT2D eigenvalue weighted by Gasteiger charge is -2.37. The fraction of sp³-hybridized carbons (Fsp3) is 0.810. The SMILES string of the molecule is CCCCCCCCCNCC1(c2cnc(C(F)(F)F)nc2)CCCCC1. The molecule has 1 N–H and O–H groups in total. The molecule has 0 unspecified atom stereocenters. The zero-order valence-electron chi connectivity index (χ0n) is 16.6. The van der Waals surface area contributed by atoms with Gasteiger partial charge in [0.1, 0.15) is 0 Å². The van der Waals surface area contributed by atoms with Crippen LogP contribution in [0.2, 0.25) is 0 Å². The summed E-state index contributed by atoms with van der Waals surface area (Å²) in [6.45, 7) is 4.00. The Morgan fingerprint density at radius 1 is 0.926 bits per heavy atom. The molecule has 0 atom stereocenters. The summed E-state index contributed by atoms with van der Waals surface area (Å²) in [5.41, 5.74) is 0.728. The molecule has 1 aromatic rings. The minimum absolute atomic E-state index is 0.122. The second-order valence-corrected chi connectivity index (χ2v) is 7.93. The van der Waals surface area contributed by atoms with E-state index in [2.05, 4.69) is 22.2 Å². The molecular formula is C21H34F3N3. The van der Waals surface area contributed by atoms with Gasteiger partial charge in [-0.3, -0.25) is 0 Å². The lowest BCUT2D eigenvalue weighted by Crippen LogP contribution is -2.40. The normalized spacial score (nSPS) is 17.2. The van der Waals surface area contributed by atoms with Gasteiger partial charge in [-0.15, -0.1) is 0 Å². The molecule has 154 valence electrons. The van der Waals surface area contributed by atoms with Crippen molar-refractivity contribution < 1.29 is 13.2 Å². The number of hydrogen-bond donors (Lipinski definition) is 1. The van der Waals surface area contributed by atoms with Crippen LogP contribution in [0.25, 0.3) is 0 Å². The monoisotopic (exact) mass is 385 g/mol. The molecule has 1 fully saturated rings. The summed E-state index contributed by atoms with van der Waals surface area (Å²) in [4.78, 5) is 7.20. The Morgan fingerprint density at radius 2 is 1.52 bits per heavy atom. The van der Waals surface area contributed by atoms with E-state index in [9.17, 15) is 13.2 Å². The second-order valence-electron chi connectivity index (χ2n) is 7.93. The van der Waals surface area contributed by atoms with E-state index in [0.29, 0.717) is 0 Å². The van der Waals surface area contributed by atoms with Gasteiger partial charge in [0.2, 0.25) is 5.82 Å². The van der Waals surface area contributed by atoms with Gasteiger partial charge >= 0.3 is 6.18 Å². The molecule has 0 aromatic carbocycles. The Labute approximate surface area is 161 Å². The molecule has 6 heteroatoms. The fourth-order valence-corrected chi connectivity index (χ4v) is 4.08. The van der Waals surface area contributed by atoms with E-state index in [0.717, 1.165) is 50.8 Å². The van der Waals surface area contributed by atoms with Gasteiger partial charge in [0.25, 0.3) is 0 Å². The van der Waals surface area contributed by atoms with Crippen LogP contribution in [0, 0.1) is 0 Å². The maximum absolute atomic E-state index is 12.7. The molecule has 1 heterocycles. The zero-order chi connectivity index (χ0) is 19.6. The van der Waals surface area contributed by atoms with Crippen LogP contribution < -0.4 is 5.32 Å². The number of rotatable bonds is 11. The van der Waals surface area contributed by atoms with E-state index < -0.39 is 12.0 Å². The molecule has 0 aliphatic heterocycles. The van der Waals surface area contributed by atoms with Crippen molar-refractivity contribution in [1.29, 1.82) is 0 Å². The van der Waals surface area contributed by atoms with Crippen LogP contribution in [0.3, 0.4) is 0 Å². The van der Waals surface area contributed by atoms with Crippen molar-refractivity contribution in [2.45, 2.75) is 95.6 Å². The lowest BCUT2D eigenvalue weighted by molar-refractivity contribution is -0.145. The van der Waals surface area contributed by atoms with Crippen LogP contribution in [-0.2, 0) is 11.6 Å². The molecule has 3 nitrogen and oxygen atoms in total. The fourth-order valence-electron chi connectivity index (χ4n) is 4.08. The number of halogens is 3. The largest absolute Gasteiger partial charge is 0.451 e. The number of nitrogens with zero attached hydrogens (tertiary/aromatic N) is 2. The molecule has 2 rings (SSSR count). The average Bonchev–Trinajstić information content (AvgIpc) is 2.67. The van der Waals surface area contributed by atoms with Crippen molar-refractivity contribution in [2.24, 2.45) is 0 Å². The van der Waals surface area contributed by atoms with Crippen LogP contribution in [-0.4, -0.2) is 23.1 Å². The van der Waals surface area contributed by atoms with Gasteiger partial charge in [0.15, 0.2) is 0 Å². The van der Waals surface area contributed by atoms with Gasteiger partial charge in [0.05, 0.1) is 0 Å². The number of alkyl halides is 3. The van der Waals surface area contributed by atoms with Gasteiger partial charge in [-0.25, -0.2) is 9.97 Å². The topological polar surface area (TPSA) is 37.8 Å². The van der Waals surface area contributed by atoms with E-state index in [1.54, 1.807) is 0 Å². The van der Waals surface area contributed by atoms with E-state index in [-0.39, 0.29) is 5.41 Å². The number of unbranched alkanes of at least 4 members (excludes halogenated alkanes) is 6. The first kappa shape index (κ1) is 22.1. The summed E-state index contributed by atoms with van der Waals surface area (Å²) in [6.07, 6.45) is 12.7. The van der Waals surface area contributed by atoms with Crippen molar-refractivity contribution in [3.63, 3.8) is 0 Å². The van der Waals surface area contributed by atoms with Crippen LogP contribution in [0.4, 0.5) is 13.2 Å². The summed E-state index contributed by atoms with van der Waals surface area (Å²) in [5, 5.41) is 3.56. The first-order valence-corrected chi connectivity index (χ1v) is 10.6. The molecule has 1 aliphatic carbocycles. The Hall–Kier alpha value is -1.17. The minimum atomic E-state index is -4.48. The van der Waals surface area contributed by atoms with Crippen LogP contribution in [0.5, 0.6) is 0 Å². The highest BCUT2D eigenvalue weighted by Gasteiger charge is 2.37. The standard InChI is InChI=1S/C21H34F3N3/c1-2-3-4-5-6-7-11-14-25-17-20(12-9-8-10-13-20)18-15-26-19(27-16-18)21(22,23)24/h15-16,25H,2-14,17H2,1H3. The van der Waals surface area contributed by atoms with Crippen molar-refractivity contribution in [2.75, 3.05) is 13.1 Å². The lowest BCUT2D eigenvalue weighted by atomic mass is 9.70. The Kier molecular flexibility index (Phi) is 9.00.